The highest BCUT2D eigenvalue weighted by Gasteiger charge is 2.31. The van der Waals surface area contributed by atoms with E-state index in [4.69, 9.17) is 0 Å². The third kappa shape index (κ3) is 5.73. The maximum absolute atomic E-state index is 12.8. The summed E-state index contributed by atoms with van der Waals surface area (Å²) in [5, 5.41) is 3.27. The van der Waals surface area contributed by atoms with Crippen molar-refractivity contribution in [1.82, 2.24) is 10.2 Å². The quantitative estimate of drug-likeness (QED) is 0.774. The van der Waals surface area contributed by atoms with Crippen molar-refractivity contribution >= 4 is 12.4 Å². The van der Waals surface area contributed by atoms with Gasteiger partial charge in [0.05, 0.1) is 0 Å². The molecule has 0 radical (unpaired) electrons. The molecule has 1 heterocycles. The lowest BCUT2D eigenvalue weighted by molar-refractivity contribution is -0.138. The van der Waals surface area contributed by atoms with Crippen LogP contribution in [0.3, 0.4) is 0 Å². The van der Waals surface area contributed by atoms with Gasteiger partial charge in [-0.3, -0.25) is 4.90 Å². The molecule has 2 aromatic rings. The van der Waals surface area contributed by atoms with Crippen LogP contribution >= 0.6 is 12.4 Å². The zero-order valence-corrected chi connectivity index (χ0v) is 15.3. The highest BCUT2D eigenvalue weighted by molar-refractivity contribution is 5.85. The van der Waals surface area contributed by atoms with Gasteiger partial charge in [0.15, 0.2) is 0 Å². The second-order valence-corrected chi connectivity index (χ2v) is 6.45. The van der Waals surface area contributed by atoms with Gasteiger partial charge in [-0.05, 0) is 29.2 Å². The van der Waals surface area contributed by atoms with Gasteiger partial charge >= 0.3 is 6.18 Å². The summed E-state index contributed by atoms with van der Waals surface area (Å²) >= 11 is 0. The van der Waals surface area contributed by atoms with E-state index in [1.54, 1.807) is 0 Å². The van der Waals surface area contributed by atoms with E-state index in [2.05, 4.69) is 10.2 Å². The van der Waals surface area contributed by atoms with Gasteiger partial charge in [-0.15, -0.1) is 12.4 Å². The van der Waals surface area contributed by atoms with Crippen LogP contribution in [0, 0.1) is 0 Å². The number of alkyl halides is 3. The molecule has 26 heavy (non-hydrogen) atoms. The predicted molar refractivity (Wildman–Crippen MR) is 102 cm³/mol. The lowest BCUT2D eigenvalue weighted by Crippen LogP contribution is -2.45. The van der Waals surface area contributed by atoms with Crippen LogP contribution < -0.4 is 5.32 Å². The molecule has 0 aromatic heterocycles. The molecule has 1 aliphatic rings. The summed E-state index contributed by atoms with van der Waals surface area (Å²) in [6.07, 6.45) is -4.78. The fourth-order valence-corrected chi connectivity index (χ4v) is 3.41. The molecule has 3 rings (SSSR count). The van der Waals surface area contributed by atoms with E-state index in [-0.39, 0.29) is 24.9 Å². The monoisotopic (exact) mass is 384 g/mol. The number of rotatable bonds is 5. The molecule has 2 aromatic carbocycles. The number of nitrogens with zero attached hydrogens (tertiary/aromatic N) is 1. The van der Waals surface area contributed by atoms with Crippen LogP contribution in [0.15, 0.2) is 54.6 Å². The molecule has 0 bridgehead atoms. The Kier molecular flexibility index (Phi) is 7.50. The van der Waals surface area contributed by atoms with Gasteiger partial charge in [0.1, 0.15) is 0 Å². The summed E-state index contributed by atoms with van der Waals surface area (Å²) in [6.45, 7) is 3.19. The van der Waals surface area contributed by atoms with Crippen LogP contribution in [0.1, 0.15) is 24.4 Å². The maximum atomic E-state index is 12.8. The van der Waals surface area contributed by atoms with Gasteiger partial charge in [-0.2, -0.15) is 13.2 Å². The molecule has 0 aliphatic carbocycles. The van der Waals surface area contributed by atoms with Gasteiger partial charge in [-0.25, -0.2) is 0 Å². The number of hydrogen-bond donors (Lipinski definition) is 1. The van der Waals surface area contributed by atoms with Gasteiger partial charge in [0.25, 0.3) is 0 Å². The fourth-order valence-electron chi connectivity index (χ4n) is 3.41. The van der Waals surface area contributed by atoms with E-state index in [0.29, 0.717) is 0 Å². The molecule has 1 saturated heterocycles. The molecule has 6 heteroatoms. The first kappa shape index (κ1) is 20.7. The zero-order chi connectivity index (χ0) is 17.7. The summed E-state index contributed by atoms with van der Waals surface area (Å²) in [5.41, 5.74) is 3.09. The molecule has 142 valence electrons. The van der Waals surface area contributed by atoms with Crippen LogP contribution in [0.5, 0.6) is 0 Å². The minimum absolute atomic E-state index is 0. The average molecular weight is 385 g/mol. The molecule has 0 spiro atoms. The third-order valence-corrected chi connectivity index (χ3v) is 4.67. The molecular formula is C20H24ClF3N2. The Balaban J connectivity index is 0.00000243. The smallest absolute Gasteiger partial charge is 0.314 e. The van der Waals surface area contributed by atoms with Crippen molar-refractivity contribution in [3.05, 3.63) is 60.2 Å². The van der Waals surface area contributed by atoms with Gasteiger partial charge in [0.2, 0.25) is 0 Å². The Morgan fingerprint density at radius 2 is 1.58 bits per heavy atom. The second kappa shape index (κ2) is 9.40. The van der Waals surface area contributed by atoms with Gasteiger partial charge in [0, 0.05) is 38.6 Å². The summed E-state index contributed by atoms with van der Waals surface area (Å²) in [5.74, 6) is 0. The van der Waals surface area contributed by atoms with E-state index >= 15 is 0 Å². The van der Waals surface area contributed by atoms with E-state index in [1.807, 2.05) is 54.6 Å². The highest BCUT2D eigenvalue weighted by atomic mass is 35.5. The molecule has 1 N–H and O–H groups in total. The topological polar surface area (TPSA) is 15.3 Å². The molecule has 1 fully saturated rings. The first-order valence-corrected chi connectivity index (χ1v) is 8.70. The minimum atomic E-state index is -4.12. The number of benzene rings is 2. The minimum Gasteiger partial charge on any atom is -0.314 e. The van der Waals surface area contributed by atoms with Crippen molar-refractivity contribution in [3.63, 3.8) is 0 Å². The SMILES string of the molecule is Cl.FC(F)(F)CC[C@H](c1cccc(-c2ccccc2)c1)N1CCNCC1. The lowest BCUT2D eigenvalue weighted by Gasteiger charge is -2.35. The Hall–Kier alpha value is -1.56. The summed E-state index contributed by atoms with van der Waals surface area (Å²) in [4.78, 5) is 2.17. The predicted octanol–water partition coefficient (Wildman–Crippen LogP) is 5.06. The molecular weight excluding hydrogens is 361 g/mol. The van der Waals surface area contributed by atoms with Crippen molar-refractivity contribution in [2.75, 3.05) is 26.2 Å². The van der Waals surface area contributed by atoms with E-state index in [0.717, 1.165) is 42.9 Å². The van der Waals surface area contributed by atoms with Gasteiger partial charge in [-0.1, -0.05) is 48.5 Å². The van der Waals surface area contributed by atoms with Crippen LogP contribution in [0.25, 0.3) is 11.1 Å². The normalized spacial score (nSPS) is 16.7. The lowest BCUT2D eigenvalue weighted by atomic mass is 9.95. The zero-order valence-electron chi connectivity index (χ0n) is 14.5. The van der Waals surface area contributed by atoms with Crippen molar-refractivity contribution in [2.45, 2.75) is 25.1 Å². The molecule has 1 atom stereocenters. The number of halogens is 4. The van der Waals surface area contributed by atoms with Crippen molar-refractivity contribution in [2.24, 2.45) is 0 Å². The van der Waals surface area contributed by atoms with Crippen molar-refractivity contribution in [1.29, 1.82) is 0 Å². The van der Waals surface area contributed by atoms with Crippen molar-refractivity contribution in [3.8, 4) is 11.1 Å². The molecule has 2 nitrogen and oxygen atoms in total. The number of piperazine rings is 1. The highest BCUT2D eigenvalue weighted by Crippen LogP contribution is 2.33. The largest absolute Gasteiger partial charge is 0.389 e. The number of nitrogens with one attached hydrogen (secondary N) is 1. The Morgan fingerprint density at radius 3 is 2.23 bits per heavy atom. The van der Waals surface area contributed by atoms with Crippen LogP contribution in [-0.4, -0.2) is 37.3 Å². The second-order valence-electron chi connectivity index (χ2n) is 6.45. The Bertz CT molecular complexity index is 670. The standard InChI is InChI=1S/C20H23F3N2.ClH/c21-20(22,23)10-9-19(25-13-11-24-12-14-25)18-8-4-7-17(15-18)16-5-2-1-3-6-16;/h1-8,15,19,24H,9-14H2;1H/t19-;/m1./s1. The van der Waals surface area contributed by atoms with Crippen LogP contribution in [-0.2, 0) is 0 Å². The van der Waals surface area contributed by atoms with Crippen LogP contribution in [0.2, 0.25) is 0 Å². The average Bonchev–Trinajstić information content (AvgIpc) is 2.63. The third-order valence-electron chi connectivity index (χ3n) is 4.67. The summed E-state index contributed by atoms with van der Waals surface area (Å²) < 4.78 is 38.4. The maximum Gasteiger partial charge on any atom is 0.389 e. The molecule has 0 saturated carbocycles. The van der Waals surface area contributed by atoms with E-state index in [1.165, 1.54) is 0 Å². The first-order valence-electron chi connectivity index (χ1n) is 8.70. The summed E-state index contributed by atoms with van der Waals surface area (Å²) in [6, 6.07) is 17.7. The van der Waals surface area contributed by atoms with Crippen LogP contribution in [0.4, 0.5) is 13.2 Å². The van der Waals surface area contributed by atoms with E-state index < -0.39 is 12.6 Å². The molecule has 0 unspecified atom stereocenters. The Morgan fingerprint density at radius 1 is 0.923 bits per heavy atom. The first-order chi connectivity index (χ1) is 12.0. The Labute approximate surface area is 158 Å². The van der Waals surface area contributed by atoms with Gasteiger partial charge < -0.3 is 5.32 Å². The fraction of sp³-hybridized carbons (Fsp3) is 0.400. The summed E-state index contributed by atoms with van der Waals surface area (Å²) in [7, 11) is 0. The molecule has 0 amide bonds. The number of hydrogen-bond acceptors (Lipinski definition) is 2. The molecule has 1 aliphatic heterocycles. The van der Waals surface area contributed by atoms with Crippen molar-refractivity contribution < 1.29 is 13.2 Å². The van der Waals surface area contributed by atoms with E-state index in [9.17, 15) is 13.2 Å².